The fraction of sp³-hybridized carbons (Fsp3) is 0.200. The fourth-order valence-electron chi connectivity index (χ4n) is 3.17. The third-order valence-electron chi connectivity index (χ3n) is 4.54. The van der Waals surface area contributed by atoms with Crippen molar-refractivity contribution in [1.82, 2.24) is 9.97 Å². The van der Waals surface area contributed by atoms with Crippen LogP contribution in [0.2, 0.25) is 0 Å². The maximum absolute atomic E-state index is 14.0. The first kappa shape index (κ1) is 18.6. The molecule has 1 aliphatic rings. The lowest BCUT2D eigenvalue weighted by molar-refractivity contribution is 0.0697. The molecule has 0 saturated carbocycles. The Hall–Kier alpha value is -3.75. The Morgan fingerprint density at radius 1 is 1.24 bits per heavy atom. The van der Waals surface area contributed by atoms with Gasteiger partial charge in [-0.3, -0.25) is 0 Å². The van der Waals surface area contributed by atoms with E-state index in [0.29, 0.717) is 17.1 Å². The van der Waals surface area contributed by atoms with Crippen LogP contribution in [0.25, 0.3) is 11.3 Å². The zero-order valence-corrected chi connectivity index (χ0v) is 15.4. The summed E-state index contributed by atoms with van der Waals surface area (Å²) in [7, 11) is 0. The highest BCUT2D eigenvalue weighted by Crippen LogP contribution is 2.25. The first-order chi connectivity index (χ1) is 14.1. The van der Waals surface area contributed by atoms with Crippen molar-refractivity contribution in [2.24, 2.45) is 5.10 Å². The molecule has 0 bridgehead atoms. The van der Waals surface area contributed by atoms with E-state index in [1.807, 2.05) is 4.90 Å². The first-order valence-electron chi connectivity index (χ1n) is 9.11. The van der Waals surface area contributed by atoms with Crippen LogP contribution in [0.4, 0.5) is 16.2 Å². The number of halogens is 1. The molecule has 4 rings (SSSR count). The molecule has 3 heterocycles. The lowest BCUT2D eigenvalue weighted by atomic mass is 10.1. The molecule has 1 aromatic carbocycles. The molecule has 9 heteroatoms. The second kappa shape index (κ2) is 8.09. The molecule has 148 valence electrons. The number of nitrogens with zero attached hydrogens (tertiary/aromatic N) is 4. The van der Waals surface area contributed by atoms with E-state index in [4.69, 9.17) is 4.42 Å². The third-order valence-corrected chi connectivity index (χ3v) is 4.54. The maximum atomic E-state index is 14.0. The lowest BCUT2D eigenvalue weighted by Gasteiger charge is -2.16. The molecule has 1 aliphatic heterocycles. The van der Waals surface area contributed by atoms with Crippen LogP contribution in [0.5, 0.6) is 0 Å². The van der Waals surface area contributed by atoms with Gasteiger partial charge in [0.15, 0.2) is 11.6 Å². The highest BCUT2D eigenvalue weighted by molar-refractivity contribution is 5.95. The number of furan rings is 1. The fourth-order valence-corrected chi connectivity index (χ4v) is 3.17. The van der Waals surface area contributed by atoms with Crippen molar-refractivity contribution in [3.63, 3.8) is 0 Å². The molecule has 0 radical (unpaired) electrons. The molecule has 0 atom stereocenters. The molecular weight excluding hydrogens is 377 g/mol. The van der Waals surface area contributed by atoms with Gasteiger partial charge in [0, 0.05) is 18.7 Å². The number of aromatic nitrogens is 2. The van der Waals surface area contributed by atoms with Gasteiger partial charge >= 0.3 is 5.97 Å². The van der Waals surface area contributed by atoms with E-state index < -0.39 is 11.8 Å². The molecule has 1 fully saturated rings. The van der Waals surface area contributed by atoms with E-state index in [1.54, 1.807) is 30.3 Å². The van der Waals surface area contributed by atoms with Crippen LogP contribution >= 0.6 is 0 Å². The van der Waals surface area contributed by atoms with E-state index in [2.05, 4.69) is 20.5 Å². The van der Waals surface area contributed by atoms with E-state index in [1.165, 1.54) is 12.3 Å². The quantitative estimate of drug-likeness (QED) is 0.485. The number of aromatic carboxylic acids is 1. The summed E-state index contributed by atoms with van der Waals surface area (Å²) in [6.07, 6.45) is 4.55. The maximum Gasteiger partial charge on any atom is 0.336 e. The van der Waals surface area contributed by atoms with Crippen molar-refractivity contribution >= 4 is 24.0 Å². The van der Waals surface area contributed by atoms with Gasteiger partial charge in [0.2, 0.25) is 5.95 Å². The van der Waals surface area contributed by atoms with Gasteiger partial charge in [-0.15, -0.1) is 0 Å². The second-order valence-electron chi connectivity index (χ2n) is 6.48. The molecular formula is C20H18FN5O3. The molecule has 2 aromatic heterocycles. The number of rotatable bonds is 6. The molecule has 3 aromatic rings. The number of anilines is 2. The molecule has 0 unspecified atom stereocenters. The van der Waals surface area contributed by atoms with E-state index in [9.17, 15) is 14.3 Å². The van der Waals surface area contributed by atoms with Crippen molar-refractivity contribution in [3.8, 4) is 11.3 Å². The summed E-state index contributed by atoms with van der Waals surface area (Å²) in [5.74, 6) is -0.230. The summed E-state index contributed by atoms with van der Waals surface area (Å²) in [5.41, 5.74) is 3.29. The topological polar surface area (TPSA) is 104 Å². The smallest absolute Gasteiger partial charge is 0.336 e. The van der Waals surface area contributed by atoms with Crippen molar-refractivity contribution in [2.45, 2.75) is 12.8 Å². The number of carbonyl (C=O) groups is 1. The molecule has 0 aliphatic carbocycles. The van der Waals surface area contributed by atoms with Gasteiger partial charge < -0.3 is 14.4 Å². The Kier molecular flexibility index (Phi) is 5.19. The van der Waals surface area contributed by atoms with Crippen LogP contribution in [0, 0.1) is 5.82 Å². The molecule has 2 N–H and O–H groups in total. The minimum Gasteiger partial charge on any atom is -0.478 e. The van der Waals surface area contributed by atoms with Crippen LogP contribution in [0.1, 0.15) is 29.0 Å². The Morgan fingerprint density at radius 2 is 2.03 bits per heavy atom. The van der Waals surface area contributed by atoms with E-state index in [0.717, 1.165) is 32.1 Å². The van der Waals surface area contributed by atoms with Gasteiger partial charge in [-0.25, -0.2) is 19.6 Å². The van der Waals surface area contributed by atoms with Gasteiger partial charge in [0.25, 0.3) is 0 Å². The summed E-state index contributed by atoms with van der Waals surface area (Å²) in [5, 5.41) is 13.3. The molecule has 1 saturated heterocycles. The van der Waals surface area contributed by atoms with Crippen molar-refractivity contribution in [2.75, 3.05) is 23.4 Å². The zero-order valence-electron chi connectivity index (χ0n) is 15.4. The van der Waals surface area contributed by atoms with Crippen LogP contribution in [-0.2, 0) is 0 Å². The summed E-state index contributed by atoms with van der Waals surface area (Å²) in [4.78, 5) is 21.3. The number of nitrogens with one attached hydrogen (secondary N) is 1. The second-order valence-corrected chi connectivity index (χ2v) is 6.48. The number of hydrogen-bond donors (Lipinski definition) is 2. The molecule has 0 amide bonds. The largest absolute Gasteiger partial charge is 0.478 e. The lowest BCUT2D eigenvalue weighted by Crippen LogP contribution is -2.21. The molecule has 29 heavy (non-hydrogen) atoms. The third kappa shape index (κ3) is 4.08. The van der Waals surface area contributed by atoms with Crippen molar-refractivity contribution in [1.29, 1.82) is 0 Å². The van der Waals surface area contributed by atoms with Gasteiger partial charge in [-0.1, -0.05) is 18.2 Å². The van der Waals surface area contributed by atoms with Crippen LogP contribution in [0.3, 0.4) is 0 Å². The van der Waals surface area contributed by atoms with Gasteiger partial charge in [-0.2, -0.15) is 10.1 Å². The van der Waals surface area contributed by atoms with Crippen molar-refractivity contribution in [3.05, 3.63) is 59.7 Å². The predicted octanol–water partition coefficient (Wildman–Crippen LogP) is 3.62. The predicted molar refractivity (Wildman–Crippen MR) is 106 cm³/mol. The standard InChI is InChI=1S/C20H18FN5O3/c21-16-12-22-20(24-18(16)26-9-3-4-10-26)25-23-11-13-7-8-17(29-13)14-5-1-2-6-15(14)19(27)28/h1-2,5-8,11-12H,3-4,9-10H2,(H,27,28)(H,22,24,25)/b23-11+. The number of carboxylic acids is 1. The van der Waals surface area contributed by atoms with E-state index >= 15 is 0 Å². The zero-order chi connectivity index (χ0) is 20.2. The van der Waals surface area contributed by atoms with Crippen LogP contribution in [0.15, 0.2) is 52.1 Å². The highest BCUT2D eigenvalue weighted by Gasteiger charge is 2.18. The SMILES string of the molecule is O=C(O)c1ccccc1-c1ccc(/C=N/Nc2ncc(F)c(N3CCCC3)n2)o1. The number of carboxylic acid groups (broad SMARTS) is 1. The normalized spacial score (nSPS) is 13.9. The molecule has 8 nitrogen and oxygen atoms in total. The number of hydrogen-bond acceptors (Lipinski definition) is 7. The van der Waals surface area contributed by atoms with E-state index in [-0.39, 0.29) is 17.3 Å². The van der Waals surface area contributed by atoms with Crippen LogP contribution in [-0.4, -0.2) is 40.3 Å². The van der Waals surface area contributed by atoms with Gasteiger partial charge in [0.1, 0.15) is 11.5 Å². The Balaban J connectivity index is 1.47. The average Bonchev–Trinajstić information content (AvgIpc) is 3.41. The molecule has 0 spiro atoms. The minimum atomic E-state index is -1.03. The number of hydrazone groups is 1. The summed E-state index contributed by atoms with van der Waals surface area (Å²) >= 11 is 0. The summed E-state index contributed by atoms with van der Waals surface area (Å²) in [6.45, 7) is 1.53. The highest BCUT2D eigenvalue weighted by atomic mass is 19.1. The first-order valence-corrected chi connectivity index (χ1v) is 9.11. The monoisotopic (exact) mass is 395 g/mol. The minimum absolute atomic E-state index is 0.151. The Morgan fingerprint density at radius 3 is 2.83 bits per heavy atom. The van der Waals surface area contributed by atoms with Gasteiger partial charge in [-0.05, 0) is 31.0 Å². The Bertz CT molecular complexity index is 1060. The number of benzene rings is 1. The average molecular weight is 395 g/mol. The summed E-state index contributed by atoms with van der Waals surface area (Å²) < 4.78 is 19.6. The van der Waals surface area contributed by atoms with Crippen LogP contribution < -0.4 is 10.3 Å². The van der Waals surface area contributed by atoms with Gasteiger partial charge in [0.05, 0.1) is 18.0 Å². The van der Waals surface area contributed by atoms with Crippen molar-refractivity contribution < 1.29 is 18.7 Å². The summed E-state index contributed by atoms with van der Waals surface area (Å²) in [6, 6.07) is 9.92. The Labute approximate surface area is 165 Å².